The van der Waals surface area contributed by atoms with Gasteiger partial charge in [-0.2, -0.15) is 4.31 Å². The second kappa shape index (κ2) is 6.36. The fourth-order valence-electron chi connectivity index (χ4n) is 3.85. The molecule has 0 bridgehead atoms. The summed E-state index contributed by atoms with van der Waals surface area (Å²) in [5, 5.41) is 4.96. The van der Waals surface area contributed by atoms with E-state index in [0.29, 0.717) is 23.9 Å². The SMILES string of the molecule is CNCc1sccc1S(=O)(=O)N1CCCC1C1CCCC1. The van der Waals surface area contributed by atoms with Crippen molar-refractivity contribution in [2.75, 3.05) is 13.6 Å². The van der Waals surface area contributed by atoms with Crippen LogP contribution in [0.4, 0.5) is 0 Å². The van der Waals surface area contributed by atoms with Gasteiger partial charge in [0, 0.05) is 24.0 Å². The summed E-state index contributed by atoms with van der Waals surface area (Å²) in [5.41, 5.74) is 0. The lowest BCUT2D eigenvalue weighted by Crippen LogP contribution is -2.39. The molecule has 1 aromatic heterocycles. The van der Waals surface area contributed by atoms with Gasteiger partial charge < -0.3 is 5.32 Å². The van der Waals surface area contributed by atoms with E-state index in [0.717, 1.165) is 17.7 Å². The maximum atomic E-state index is 13.1. The Hall–Kier alpha value is -0.430. The highest BCUT2D eigenvalue weighted by atomic mass is 32.2. The third-order valence-electron chi connectivity index (χ3n) is 4.82. The van der Waals surface area contributed by atoms with Crippen molar-refractivity contribution in [3.05, 3.63) is 16.3 Å². The quantitative estimate of drug-likeness (QED) is 0.904. The first-order valence-electron chi connectivity index (χ1n) is 7.87. The number of hydrogen-bond donors (Lipinski definition) is 1. The van der Waals surface area contributed by atoms with Crippen molar-refractivity contribution in [3.63, 3.8) is 0 Å². The molecular formula is C15H24N2O2S2. The number of rotatable bonds is 5. The number of sulfonamides is 1. The average molecular weight is 329 g/mol. The van der Waals surface area contributed by atoms with Gasteiger partial charge in [0.2, 0.25) is 10.0 Å². The summed E-state index contributed by atoms with van der Waals surface area (Å²) < 4.78 is 27.9. The first-order chi connectivity index (χ1) is 10.1. The fourth-order valence-corrected chi connectivity index (χ4v) is 7.03. The Morgan fingerprint density at radius 3 is 2.76 bits per heavy atom. The third kappa shape index (κ3) is 2.91. The van der Waals surface area contributed by atoms with Crippen LogP contribution in [0.5, 0.6) is 0 Å². The zero-order valence-electron chi connectivity index (χ0n) is 12.5. The third-order valence-corrected chi connectivity index (χ3v) is 7.88. The van der Waals surface area contributed by atoms with Crippen molar-refractivity contribution in [2.45, 2.75) is 56.0 Å². The molecule has 2 heterocycles. The van der Waals surface area contributed by atoms with E-state index in [2.05, 4.69) is 5.32 Å². The van der Waals surface area contributed by atoms with Crippen LogP contribution in [0.2, 0.25) is 0 Å². The fraction of sp³-hybridized carbons (Fsp3) is 0.733. The zero-order valence-corrected chi connectivity index (χ0v) is 14.2. The first-order valence-corrected chi connectivity index (χ1v) is 10.2. The maximum absolute atomic E-state index is 13.1. The molecule has 0 amide bonds. The molecule has 1 unspecified atom stereocenters. The van der Waals surface area contributed by atoms with Crippen LogP contribution < -0.4 is 5.32 Å². The smallest absolute Gasteiger partial charge is 0.244 e. The molecule has 0 aromatic carbocycles. The van der Waals surface area contributed by atoms with Crippen LogP contribution in [0.1, 0.15) is 43.4 Å². The van der Waals surface area contributed by atoms with Gasteiger partial charge in [0.1, 0.15) is 0 Å². The van der Waals surface area contributed by atoms with Crippen LogP contribution in [0, 0.1) is 5.92 Å². The van der Waals surface area contributed by atoms with Gasteiger partial charge in [0.25, 0.3) is 0 Å². The van der Waals surface area contributed by atoms with Crippen molar-refractivity contribution in [1.29, 1.82) is 0 Å². The molecule has 2 fully saturated rings. The van der Waals surface area contributed by atoms with Crippen LogP contribution >= 0.6 is 11.3 Å². The van der Waals surface area contributed by atoms with Crippen LogP contribution in [-0.2, 0) is 16.6 Å². The monoisotopic (exact) mass is 328 g/mol. The van der Waals surface area contributed by atoms with Crippen molar-refractivity contribution in [1.82, 2.24) is 9.62 Å². The van der Waals surface area contributed by atoms with Gasteiger partial charge in [-0.3, -0.25) is 0 Å². The molecule has 1 atom stereocenters. The van der Waals surface area contributed by atoms with Gasteiger partial charge in [-0.05, 0) is 50.1 Å². The standard InChI is InChI=1S/C15H24N2O2S2/c1-16-11-14-15(8-10-20-14)21(18,19)17-9-4-7-13(17)12-5-2-3-6-12/h8,10,12-13,16H,2-7,9,11H2,1H3. The van der Waals surface area contributed by atoms with Crippen molar-refractivity contribution in [3.8, 4) is 0 Å². The number of hydrogen-bond acceptors (Lipinski definition) is 4. The van der Waals surface area contributed by atoms with Gasteiger partial charge in [0.05, 0.1) is 4.90 Å². The van der Waals surface area contributed by atoms with E-state index in [1.165, 1.54) is 37.0 Å². The van der Waals surface area contributed by atoms with E-state index in [1.807, 2.05) is 16.7 Å². The lowest BCUT2D eigenvalue weighted by molar-refractivity contribution is 0.288. The van der Waals surface area contributed by atoms with E-state index in [-0.39, 0.29) is 6.04 Å². The Balaban J connectivity index is 1.87. The molecule has 1 saturated heterocycles. The predicted octanol–water partition coefficient (Wildman–Crippen LogP) is 2.81. The largest absolute Gasteiger partial charge is 0.315 e. The maximum Gasteiger partial charge on any atom is 0.244 e. The van der Waals surface area contributed by atoms with Gasteiger partial charge >= 0.3 is 0 Å². The molecule has 1 aliphatic carbocycles. The van der Waals surface area contributed by atoms with Crippen LogP contribution in [0.25, 0.3) is 0 Å². The minimum atomic E-state index is -3.33. The Kier molecular flexibility index (Phi) is 4.69. The molecular weight excluding hydrogens is 304 g/mol. The van der Waals surface area contributed by atoms with Crippen LogP contribution in [0.3, 0.4) is 0 Å². The molecule has 1 aliphatic heterocycles. The summed E-state index contributed by atoms with van der Waals surface area (Å²) in [7, 11) is -1.48. The molecule has 1 saturated carbocycles. The van der Waals surface area contributed by atoms with E-state index in [1.54, 1.807) is 6.07 Å². The second-order valence-corrected chi connectivity index (χ2v) is 8.97. The molecule has 1 aromatic rings. The van der Waals surface area contributed by atoms with Crippen LogP contribution in [0.15, 0.2) is 16.3 Å². The van der Waals surface area contributed by atoms with E-state index < -0.39 is 10.0 Å². The van der Waals surface area contributed by atoms with Crippen LogP contribution in [-0.4, -0.2) is 32.4 Å². The Morgan fingerprint density at radius 2 is 2.05 bits per heavy atom. The molecule has 0 radical (unpaired) electrons. The molecule has 118 valence electrons. The lowest BCUT2D eigenvalue weighted by atomic mass is 9.97. The Morgan fingerprint density at radius 1 is 1.29 bits per heavy atom. The van der Waals surface area contributed by atoms with Crippen molar-refractivity contribution >= 4 is 21.4 Å². The van der Waals surface area contributed by atoms with Gasteiger partial charge in [-0.15, -0.1) is 11.3 Å². The van der Waals surface area contributed by atoms with E-state index >= 15 is 0 Å². The summed E-state index contributed by atoms with van der Waals surface area (Å²) in [5.74, 6) is 0.577. The minimum Gasteiger partial charge on any atom is -0.315 e. The summed E-state index contributed by atoms with van der Waals surface area (Å²) >= 11 is 1.52. The van der Waals surface area contributed by atoms with Gasteiger partial charge in [-0.1, -0.05) is 12.8 Å². The molecule has 3 rings (SSSR count). The highest BCUT2D eigenvalue weighted by Crippen LogP contribution is 2.39. The van der Waals surface area contributed by atoms with Gasteiger partial charge in [-0.25, -0.2) is 8.42 Å². The average Bonchev–Trinajstić information content (AvgIpc) is 3.20. The zero-order chi connectivity index (χ0) is 14.9. The molecule has 4 nitrogen and oxygen atoms in total. The summed E-state index contributed by atoms with van der Waals surface area (Å²) in [6.45, 7) is 1.31. The normalized spacial score (nSPS) is 24.9. The van der Waals surface area contributed by atoms with E-state index in [4.69, 9.17) is 0 Å². The number of nitrogens with one attached hydrogen (secondary N) is 1. The Labute approximate surface area is 131 Å². The summed E-state index contributed by atoms with van der Waals surface area (Å²) in [6, 6.07) is 2.01. The van der Waals surface area contributed by atoms with E-state index in [9.17, 15) is 8.42 Å². The Bertz CT molecular complexity index is 576. The molecule has 2 aliphatic rings. The number of thiophene rings is 1. The minimum absolute atomic E-state index is 0.236. The molecule has 21 heavy (non-hydrogen) atoms. The second-order valence-electron chi connectivity index (χ2n) is 6.11. The topological polar surface area (TPSA) is 49.4 Å². The first kappa shape index (κ1) is 15.5. The van der Waals surface area contributed by atoms with Crippen molar-refractivity contribution in [2.24, 2.45) is 5.92 Å². The van der Waals surface area contributed by atoms with Crippen molar-refractivity contribution < 1.29 is 8.42 Å². The number of nitrogens with zero attached hydrogens (tertiary/aromatic N) is 1. The lowest BCUT2D eigenvalue weighted by Gasteiger charge is -2.28. The molecule has 0 spiro atoms. The van der Waals surface area contributed by atoms with Gasteiger partial charge in [0.15, 0.2) is 0 Å². The molecule has 6 heteroatoms. The summed E-state index contributed by atoms with van der Waals surface area (Å²) in [4.78, 5) is 1.45. The molecule has 1 N–H and O–H groups in total. The highest BCUT2D eigenvalue weighted by molar-refractivity contribution is 7.89. The highest BCUT2D eigenvalue weighted by Gasteiger charge is 2.41. The summed E-state index contributed by atoms with van der Waals surface area (Å²) in [6.07, 6.45) is 6.96. The predicted molar refractivity (Wildman–Crippen MR) is 86.0 cm³/mol.